The maximum atomic E-state index is 13.5. The van der Waals surface area contributed by atoms with Crippen molar-refractivity contribution in [3.05, 3.63) is 49.2 Å². The number of aromatic nitrogens is 3. The highest BCUT2D eigenvalue weighted by molar-refractivity contribution is 8.01. The molecule has 0 atom stereocenters. The lowest BCUT2D eigenvalue weighted by molar-refractivity contribution is -0.133. The molecule has 11 heteroatoms. The Bertz CT molecular complexity index is 1200. The largest absolute Gasteiger partial charge is 0.493 e. The van der Waals surface area contributed by atoms with Gasteiger partial charge in [-0.2, -0.15) is 0 Å². The van der Waals surface area contributed by atoms with E-state index in [1.54, 1.807) is 18.7 Å². The summed E-state index contributed by atoms with van der Waals surface area (Å²) in [6, 6.07) is 8.45. The van der Waals surface area contributed by atoms with E-state index in [1.165, 1.54) is 29.5 Å². The lowest BCUT2D eigenvalue weighted by atomic mass is 9.84. The molecule has 0 aliphatic heterocycles. The van der Waals surface area contributed by atoms with Gasteiger partial charge in [-0.1, -0.05) is 30.6 Å². The average Bonchev–Trinajstić information content (AvgIpc) is 3.65. The van der Waals surface area contributed by atoms with Gasteiger partial charge in [-0.3, -0.25) is 10.1 Å². The summed E-state index contributed by atoms with van der Waals surface area (Å²) in [5.41, 5.74) is 1.05. The van der Waals surface area contributed by atoms with E-state index in [9.17, 15) is 9.59 Å². The third-order valence-corrected chi connectivity index (χ3v) is 9.67. The second-order valence-corrected chi connectivity index (χ2v) is 12.6. The molecule has 2 heterocycles. The summed E-state index contributed by atoms with van der Waals surface area (Å²) in [4.78, 5) is 34.9. The van der Waals surface area contributed by atoms with Crippen LogP contribution in [0.2, 0.25) is 0 Å². The van der Waals surface area contributed by atoms with Crippen molar-refractivity contribution in [1.29, 1.82) is 0 Å². The number of carboxylic acid groups (broad SMARTS) is 1. The fraction of sp³-hybridized carbons (Fsp3) is 0.500. The van der Waals surface area contributed by atoms with E-state index in [0.717, 1.165) is 67.0 Å². The van der Waals surface area contributed by atoms with E-state index in [0.29, 0.717) is 17.7 Å². The van der Waals surface area contributed by atoms with Gasteiger partial charge >= 0.3 is 12.0 Å². The van der Waals surface area contributed by atoms with E-state index in [-0.39, 0.29) is 23.9 Å². The Kier molecular flexibility index (Phi) is 9.41. The first-order valence-corrected chi connectivity index (χ1v) is 15.5. The summed E-state index contributed by atoms with van der Waals surface area (Å²) in [6.45, 7) is 0.683. The number of nitrogens with zero attached hydrogens (tertiary/aromatic N) is 4. The molecule has 9 nitrogen and oxygen atoms in total. The van der Waals surface area contributed by atoms with E-state index in [4.69, 9.17) is 9.84 Å². The van der Waals surface area contributed by atoms with Crippen LogP contribution in [0.25, 0.3) is 5.69 Å². The highest BCUT2D eigenvalue weighted by Crippen LogP contribution is 2.34. The first-order valence-electron chi connectivity index (χ1n) is 13.7. The van der Waals surface area contributed by atoms with Crippen LogP contribution >= 0.6 is 23.1 Å². The minimum absolute atomic E-state index is 0.0203. The number of benzene rings is 1. The minimum Gasteiger partial charge on any atom is -0.493 e. The third-order valence-electron chi connectivity index (χ3n) is 7.57. The number of thiazole rings is 1. The summed E-state index contributed by atoms with van der Waals surface area (Å²) in [5, 5.41) is 12.5. The van der Waals surface area contributed by atoms with Crippen LogP contribution < -0.4 is 10.1 Å². The minimum atomic E-state index is -0.869. The van der Waals surface area contributed by atoms with Gasteiger partial charge < -0.3 is 19.3 Å². The number of aliphatic carboxylic acids is 1. The molecule has 2 amide bonds. The molecule has 39 heavy (non-hydrogen) atoms. The molecule has 2 aromatic heterocycles. The van der Waals surface area contributed by atoms with Gasteiger partial charge in [-0.15, -0.1) is 11.8 Å². The molecule has 208 valence electrons. The number of anilines is 1. The van der Waals surface area contributed by atoms with E-state index in [2.05, 4.69) is 20.2 Å². The Labute approximate surface area is 237 Å². The Hall–Kier alpha value is -3.05. The van der Waals surface area contributed by atoms with Gasteiger partial charge in [0.15, 0.2) is 5.13 Å². The summed E-state index contributed by atoms with van der Waals surface area (Å²) in [6.07, 6.45) is 16.7. The van der Waals surface area contributed by atoms with Crippen LogP contribution in [0.1, 0.15) is 57.8 Å². The molecule has 2 aliphatic carbocycles. The molecule has 0 bridgehead atoms. The molecule has 0 unspecified atom stereocenters. The van der Waals surface area contributed by atoms with Gasteiger partial charge in [0, 0.05) is 30.2 Å². The summed E-state index contributed by atoms with van der Waals surface area (Å²) in [5.74, 6) is 0.451. The molecular weight excluding hydrogens is 534 g/mol. The lowest BCUT2D eigenvalue weighted by Crippen LogP contribution is -2.51. The van der Waals surface area contributed by atoms with E-state index in [1.807, 2.05) is 35.0 Å². The summed E-state index contributed by atoms with van der Waals surface area (Å²) >= 11 is 2.55. The Morgan fingerprint density at radius 1 is 1.08 bits per heavy atom. The van der Waals surface area contributed by atoms with Crippen molar-refractivity contribution < 1.29 is 19.4 Å². The Balaban J connectivity index is 1.15. The number of ether oxygens (including phenoxy) is 1. The maximum absolute atomic E-state index is 13.5. The molecule has 0 saturated heterocycles. The van der Waals surface area contributed by atoms with Gasteiger partial charge in [0.05, 0.1) is 29.1 Å². The number of amides is 2. The molecule has 2 N–H and O–H groups in total. The van der Waals surface area contributed by atoms with Gasteiger partial charge in [0.1, 0.15) is 5.75 Å². The molecule has 0 radical (unpaired) electrons. The highest BCUT2D eigenvalue weighted by Gasteiger charge is 2.35. The molecular formula is C28H35N5O4S2. The topological polar surface area (TPSA) is 110 Å². The van der Waals surface area contributed by atoms with Crippen molar-refractivity contribution in [3.63, 3.8) is 0 Å². The molecule has 2 fully saturated rings. The quantitative estimate of drug-likeness (QED) is 0.275. The number of carbonyl (C=O) groups excluding carboxylic acids is 1. The van der Waals surface area contributed by atoms with Gasteiger partial charge in [0.2, 0.25) is 0 Å². The second-order valence-electron chi connectivity index (χ2n) is 10.2. The highest BCUT2D eigenvalue weighted by atomic mass is 32.2. The number of rotatable bonds is 10. The van der Waals surface area contributed by atoms with Crippen LogP contribution in [0.15, 0.2) is 53.4 Å². The number of thioether (sulfide) groups is 1. The van der Waals surface area contributed by atoms with Crippen molar-refractivity contribution in [1.82, 2.24) is 19.4 Å². The van der Waals surface area contributed by atoms with Crippen molar-refractivity contribution in [2.75, 3.05) is 17.7 Å². The molecule has 2 saturated carbocycles. The number of carbonyl (C=O) groups is 2. The predicted molar refractivity (Wildman–Crippen MR) is 153 cm³/mol. The molecule has 5 rings (SSSR count). The van der Waals surface area contributed by atoms with Crippen LogP contribution in [0.4, 0.5) is 9.93 Å². The number of urea groups is 1. The second kappa shape index (κ2) is 13.3. The third kappa shape index (κ3) is 7.54. The van der Waals surface area contributed by atoms with Gasteiger partial charge in [-0.25, -0.2) is 14.8 Å². The molecule has 3 aromatic rings. The van der Waals surface area contributed by atoms with E-state index >= 15 is 0 Å². The zero-order valence-electron chi connectivity index (χ0n) is 21.9. The van der Waals surface area contributed by atoms with Crippen molar-refractivity contribution >= 4 is 40.2 Å². The van der Waals surface area contributed by atoms with Gasteiger partial charge in [0.25, 0.3) is 0 Å². The summed E-state index contributed by atoms with van der Waals surface area (Å²) in [7, 11) is 0. The van der Waals surface area contributed by atoms with Gasteiger partial charge in [-0.05, 0) is 68.7 Å². The number of nitrogens with one attached hydrogen (secondary N) is 1. The fourth-order valence-electron chi connectivity index (χ4n) is 5.59. The molecule has 2 aliphatic rings. The van der Waals surface area contributed by atoms with Crippen LogP contribution in [0.3, 0.4) is 0 Å². The normalized spacial score (nSPS) is 19.9. The monoisotopic (exact) mass is 569 g/mol. The zero-order chi connectivity index (χ0) is 27.0. The molecule has 1 aromatic carbocycles. The predicted octanol–water partition coefficient (Wildman–Crippen LogP) is 6.31. The van der Waals surface area contributed by atoms with Crippen molar-refractivity contribution in [2.24, 2.45) is 5.92 Å². The van der Waals surface area contributed by atoms with Crippen molar-refractivity contribution in [2.45, 2.75) is 74.1 Å². The Morgan fingerprint density at radius 2 is 1.82 bits per heavy atom. The van der Waals surface area contributed by atoms with Crippen LogP contribution in [-0.4, -0.2) is 61.0 Å². The number of imidazole rings is 1. The number of hydrogen-bond donors (Lipinski definition) is 2. The first kappa shape index (κ1) is 27.5. The van der Waals surface area contributed by atoms with Crippen LogP contribution in [0.5, 0.6) is 5.75 Å². The standard InChI is InChI=1S/C28H35N5O4S2/c34-25(35)18-38-26-16-30-27(39-26)31-28(36)33(22-4-2-1-3-5-22)23-8-6-20(7-9-23)17-37-24-12-10-21(11-13-24)32-15-14-29-19-32/h10-16,19-20,22-23H,1-9,17-18H2,(H,34,35)(H,30,31,36). The smallest absolute Gasteiger partial charge is 0.324 e. The maximum Gasteiger partial charge on any atom is 0.324 e. The number of hydrogen-bond acceptors (Lipinski definition) is 7. The average molecular weight is 570 g/mol. The van der Waals surface area contributed by atoms with Crippen molar-refractivity contribution in [3.8, 4) is 11.4 Å². The lowest BCUT2D eigenvalue weighted by Gasteiger charge is -2.42. The van der Waals surface area contributed by atoms with E-state index < -0.39 is 5.97 Å². The fourth-order valence-corrected chi connectivity index (χ4v) is 7.17. The van der Waals surface area contributed by atoms with Crippen LogP contribution in [0, 0.1) is 5.92 Å². The summed E-state index contributed by atoms with van der Waals surface area (Å²) < 4.78 is 8.88. The first-order chi connectivity index (χ1) is 19.0. The molecule has 0 spiro atoms. The van der Waals surface area contributed by atoms with Crippen LogP contribution in [-0.2, 0) is 4.79 Å². The Morgan fingerprint density at radius 3 is 2.51 bits per heavy atom. The SMILES string of the molecule is O=C(O)CSc1cnc(NC(=O)N(C2CCCCC2)C2CCC(COc3ccc(-n4ccnc4)cc3)CC2)s1. The number of carboxylic acids is 1. The zero-order valence-corrected chi connectivity index (χ0v) is 23.5.